The smallest absolute Gasteiger partial charge is 0.437 e. The van der Waals surface area contributed by atoms with E-state index in [0.29, 0.717) is 0 Å². The Balaban J connectivity index is 2.03. The number of hydrogen-bond acceptors (Lipinski definition) is 5. The van der Waals surface area contributed by atoms with Crippen LogP contribution in [0.2, 0.25) is 0 Å². The molecule has 24 heavy (non-hydrogen) atoms. The molecule has 2 aromatic rings. The molecule has 0 amide bonds. The fourth-order valence-electron chi connectivity index (χ4n) is 2.78. The monoisotopic (exact) mass is 341 g/mol. The standard InChI is InChI=1S/C15H14F3N3O3/c16-15(17,18)12-13(21-5-3-8(4-6-21)14(23)24)20-10-2-1-9(22)7-11(10)19-12/h1-2,7-8,22H,3-6H2,(H,23,24). The molecule has 1 aliphatic heterocycles. The SMILES string of the molecule is O=C(O)C1CCN(c2nc3ccc(O)cc3nc2C(F)(F)F)CC1. The second-order valence-electron chi connectivity index (χ2n) is 5.67. The maximum atomic E-state index is 13.4. The number of halogens is 3. The number of aromatic hydroxyl groups is 1. The molecule has 6 nitrogen and oxygen atoms in total. The van der Waals surface area contributed by atoms with Crippen LogP contribution < -0.4 is 4.90 Å². The fourth-order valence-corrected chi connectivity index (χ4v) is 2.78. The normalized spacial score (nSPS) is 16.5. The van der Waals surface area contributed by atoms with Gasteiger partial charge in [0.1, 0.15) is 5.75 Å². The summed E-state index contributed by atoms with van der Waals surface area (Å²) in [5, 5.41) is 18.4. The van der Waals surface area contributed by atoms with E-state index >= 15 is 0 Å². The highest BCUT2D eigenvalue weighted by molar-refractivity contribution is 5.78. The molecule has 1 aromatic heterocycles. The average Bonchev–Trinajstić information content (AvgIpc) is 2.53. The molecule has 2 N–H and O–H groups in total. The predicted molar refractivity (Wildman–Crippen MR) is 78.8 cm³/mol. The molecule has 9 heteroatoms. The van der Waals surface area contributed by atoms with Crippen molar-refractivity contribution in [3.63, 3.8) is 0 Å². The lowest BCUT2D eigenvalue weighted by molar-refractivity contribution is -0.143. The van der Waals surface area contributed by atoms with E-state index in [0.717, 1.165) is 6.07 Å². The molecule has 0 aliphatic carbocycles. The lowest BCUT2D eigenvalue weighted by atomic mass is 9.97. The summed E-state index contributed by atoms with van der Waals surface area (Å²) in [6, 6.07) is 3.84. The molecule has 2 heterocycles. The van der Waals surface area contributed by atoms with Crippen LogP contribution in [0.5, 0.6) is 5.75 Å². The molecule has 1 aromatic carbocycles. The van der Waals surface area contributed by atoms with Crippen molar-refractivity contribution in [2.24, 2.45) is 5.92 Å². The van der Waals surface area contributed by atoms with Crippen LogP contribution >= 0.6 is 0 Å². The molecule has 0 unspecified atom stereocenters. The Labute approximate surface area is 134 Å². The zero-order valence-electron chi connectivity index (χ0n) is 12.4. The molecular weight excluding hydrogens is 327 g/mol. The number of carboxylic acids is 1. The molecule has 1 aliphatic rings. The Morgan fingerprint density at radius 2 is 1.83 bits per heavy atom. The number of anilines is 1. The van der Waals surface area contributed by atoms with Crippen LogP contribution in [-0.4, -0.2) is 39.2 Å². The fraction of sp³-hybridized carbons (Fsp3) is 0.400. The highest BCUT2D eigenvalue weighted by atomic mass is 19.4. The minimum absolute atomic E-state index is 0.0495. The van der Waals surface area contributed by atoms with Gasteiger partial charge >= 0.3 is 12.1 Å². The maximum Gasteiger partial charge on any atom is 0.437 e. The number of piperidine rings is 1. The Morgan fingerprint density at radius 1 is 1.17 bits per heavy atom. The summed E-state index contributed by atoms with van der Waals surface area (Å²) in [7, 11) is 0. The van der Waals surface area contributed by atoms with Crippen LogP contribution in [0, 0.1) is 5.92 Å². The molecule has 3 rings (SSSR count). The van der Waals surface area contributed by atoms with Gasteiger partial charge in [-0.15, -0.1) is 0 Å². The number of phenols is 1. The van der Waals surface area contributed by atoms with Gasteiger partial charge in [0, 0.05) is 19.2 Å². The van der Waals surface area contributed by atoms with Gasteiger partial charge in [0.2, 0.25) is 0 Å². The van der Waals surface area contributed by atoms with Gasteiger partial charge in [-0.1, -0.05) is 0 Å². The minimum atomic E-state index is -4.70. The number of alkyl halides is 3. The van der Waals surface area contributed by atoms with E-state index in [1.807, 2.05) is 0 Å². The zero-order chi connectivity index (χ0) is 17.5. The number of carbonyl (C=O) groups is 1. The number of fused-ring (bicyclic) bond motifs is 1. The number of nitrogens with zero attached hydrogens (tertiary/aromatic N) is 3. The highest BCUT2D eigenvalue weighted by Gasteiger charge is 2.39. The van der Waals surface area contributed by atoms with E-state index < -0.39 is 23.8 Å². The first kappa shape index (κ1) is 16.3. The molecular formula is C15H14F3N3O3. The van der Waals surface area contributed by atoms with E-state index in [9.17, 15) is 23.1 Å². The van der Waals surface area contributed by atoms with E-state index in [2.05, 4.69) is 9.97 Å². The quantitative estimate of drug-likeness (QED) is 0.873. The number of aromatic nitrogens is 2. The molecule has 1 saturated heterocycles. The third-order valence-corrected chi connectivity index (χ3v) is 4.04. The van der Waals surface area contributed by atoms with Crippen LogP contribution in [0.4, 0.5) is 19.0 Å². The van der Waals surface area contributed by atoms with Crippen molar-refractivity contribution in [3.05, 3.63) is 23.9 Å². The zero-order valence-corrected chi connectivity index (χ0v) is 12.4. The van der Waals surface area contributed by atoms with Gasteiger partial charge in [0.05, 0.1) is 17.0 Å². The van der Waals surface area contributed by atoms with Gasteiger partial charge in [0.25, 0.3) is 0 Å². The van der Waals surface area contributed by atoms with E-state index in [4.69, 9.17) is 5.11 Å². The van der Waals surface area contributed by atoms with Crippen molar-refractivity contribution in [2.75, 3.05) is 18.0 Å². The molecule has 0 saturated carbocycles. The lowest BCUT2D eigenvalue weighted by Crippen LogP contribution is -2.38. The molecule has 1 fully saturated rings. The first-order valence-electron chi connectivity index (χ1n) is 7.31. The average molecular weight is 341 g/mol. The van der Waals surface area contributed by atoms with Crippen LogP contribution in [0.1, 0.15) is 18.5 Å². The van der Waals surface area contributed by atoms with Crippen molar-refractivity contribution in [3.8, 4) is 5.75 Å². The van der Waals surface area contributed by atoms with Gasteiger partial charge in [-0.3, -0.25) is 4.79 Å². The number of hydrogen-bond donors (Lipinski definition) is 2. The largest absolute Gasteiger partial charge is 0.508 e. The van der Waals surface area contributed by atoms with Crippen molar-refractivity contribution >= 4 is 22.8 Å². The number of phenolic OH excluding ortho intramolecular Hbond substituents is 1. The summed E-state index contributed by atoms with van der Waals surface area (Å²) >= 11 is 0. The minimum Gasteiger partial charge on any atom is -0.508 e. The lowest BCUT2D eigenvalue weighted by Gasteiger charge is -2.32. The summed E-state index contributed by atoms with van der Waals surface area (Å²) < 4.78 is 40.1. The van der Waals surface area contributed by atoms with Crippen molar-refractivity contribution in [1.29, 1.82) is 0 Å². The Hall–Kier alpha value is -2.58. The van der Waals surface area contributed by atoms with Crippen LogP contribution in [0.3, 0.4) is 0 Å². The number of benzene rings is 1. The first-order chi connectivity index (χ1) is 11.3. The van der Waals surface area contributed by atoms with Gasteiger partial charge < -0.3 is 15.1 Å². The Kier molecular flexibility index (Phi) is 3.94. The second kappa shape index (κ2) is 5.81. The predicted octanol–water partition coefficient (Wildman–Crippen LogP) is 2.66. The van der Waals surface area contributed by atoms with Crippen molar-refractivity contribution < 1.29 is 28.2 Å². The van der Waals surface area contributed by atoms with Gasteiger partial charge in [-0.2, -0.15) is 13.2 Å². The van der Waals surface area contributed by atoms with E-state index in [1.54, 1.807) is 0 Å². The van der Waals surface area contributed by atoms with Crippen molar-refractivity contribution in [1.82, 2.24) is 9.97 Å². The van der Waals surface area contributed by atoms with Crippen molar-refractivity contribution in [2.45, 2.75) is 19.0 Å². The summed E-state index contributed by atoms with van der Waals surface area (Å²) in [6.07, 6.45) is -4.20. The van der Waals surface area contributed by atoms with Crippen LogP contribution in [0.25, 0.3) is 11.0 Å². The highest BCUT2D eigenvalue weighted by Crippen LogP contribution is 2.37. The maximum absolute atomic E-state index is 13.4. The third-order valence-electron chi connectivity index (χ3n) is 4.04. The Morgan fingerprint density at radius 3 is 2.42 bits per heavy atom. The topological polar surface area (TPSA) is 86.5 Å². The summed E-state index contributed by atoms with van der Waals surface area (Å²) in [6.45, 7) is 0.330. The number of carboxylic acid groups (broad SMARTS) is 1. The molecule has 0 radical (unpaired) electrons. The third kappa shape index (κ3) is 3.06. The molecule has 128 valence electrons. The van der Waals surface area contributed by atoms with Gasteiger partial charge in [-0.25, -0.2) is 9.97 Å². The Bertz CT molecular complexity index is 787. The summed E-state index contributed by atoms with van der Waals surface area (Å²) in [5.74, 6) is -1.99. The molecule has 0 spiro atoms. The first-order valence-corrected chi connectivity index (χ1v) is 7.31. The van der Waals surface area contributed by atoms with E-state index in [-0.39, 0.29) is 48.5 Å². The summed E-state index contributed by atoms with van der Waals surface area (Å²) in [4.78, 5) is 20.1. The van der Waals surface area contributed by atoms with Gasteiger partial charge in [0.15, 0.2) is 11.5 Å². The molecule has 0 bridgehead atoms. The number of aliphatic carboxylic acids is 1. The van der Waals surface area contributed by atoms with E-state index in [1.165, 1.54) is 17.0 Å². The van der Waals surface area contributed by atoms with Crippen LogP contribution in [-0.2, 0) is 11.0 Å². The summed E-state index contributed by atoms with van der Waals surface area (Å²) in [5.41, 5.74) is -0.947. The van der Waals surface area contributed by atoms with Gasteiger partial charge in [-0.05, 0) is 25.0 Å². The molecule has 0 atom stereocenters. The van der Waals surface area contributed by atoms with Crippen LogP contribution in [0.15, 0.2) is 18.2 Å². The number of rotatable bonds is 2. The second-order valence-corrected chi connectivity index (χ2v) is 5.67.